The highest BCUT2D eigenvalue weighted by atomic mass is 32.2. The Morgan fingerprint density at radius 3 is 2.03 bits per heavy atom. The van der Waals surface area contributed by atoms with Gasteiger partial charge in [-0.25, -0.2) is 13.4 Å². The lowest BCUT2D eigenvalue weighted by Crippen LogP contribution is -2.36. The van der Waals surface area contributed by atoms with Crippen LogP contribution in [0, 0.1) is 0 Å². The summed E-state index contributed by atoms with van der Waals surface area (Å²) in [4.78, 5) is 5.73. The molecule has 0 amide bonds. The monoisotopic (exact) mass is 431 g/mol. The van der Waals surface area contributed by atoms with Crippen molar-refractivity contribution in [1.29, 1.82) is 0 Å². The predicted molar refractivity (Wildman–Crippen MR) is 121 cm³/mol. The van der Waals surface area contributed by atoms with E-state index in [1.807, 2.05) is 85.8 Å². The standard InChI is InChI=1S/C25H21NO2S2/c1-2-25(19-12-5-3-6-13-19,20-14-7-4-8-15-20)30(27,28)24-26-23-21-16-10-9-11-18(21)17-22(23)29-24/h3-16H,2,17H2,1H3. The number of nitrogens with zero attached hydrogens (tertiary/aromatic N) is 1. The average molecular weight is 432 g/mol. The number of fused-ring (bicyclic) bond motifs is 3. The fourth-order valence-electron chi connectivity index (χ4n) is 4.49. The molecule has 1 aliphatic carbocycles. The molecule has 1 heterocycles. The van der Waals surface area contributed by atoms with Crippen LogP contribution < -0.4 is 0 Å². The quantitative estimate of drug-likeness (QED) is 0.351. The summed E-state index contributed by atoms with van der Waals surface area (Å²) in [5.41, 5.74) is 4.62. The van der Waals surface area contributed by atoms with E-state index in [0.29, 0.717) is 6.42 Å². The molecule has 0 saturated heterocycles. The van der Waals surface area contributed by atoms with Crippen molar-refractivity contribution in [1.82, 2.24) is 4.98 Å². The third-order valence-electron chi connectivity index (χ3n) is 5.97. The largest absolute Gasteiger partial charge is 0.225 e. The average Bonchev–Trinajstić information content (AvgIpc) is 3.35. The molecular weight excluding hydrogens is 410 g/mol. The highest BCUT2D eigenvalue weighted by molar-refractivity contribution is 7.94. The van der Waals surface area contributed by atoms with Gasteiger partial charge in [0, 0.05) is 16.9 Å². The Morgan fingerprint density at radius 1 is 0.867 bits per heavy atom. The van der Waals surface area contributed by atoms with Crippen molar-refractivity contribution in [2.75, 3.05) is 0 Å². The molecule has 0 spiro atoms. The van der Waals surface area contributed by atoms with Crippen molar-refractivity contribution in [2.45, 2.75) is 28.9 Å². The minimum absolute atomic E-state index is 0.205. The van der Waals surface area contributed by atoms with E-state index in [2.05, 4.69) is 6.07 Å². The molecule has 0 aliphatic heterocycles. The maximum absolute atomic E-state index is 14.3. The third-order valence-corrected chi connectivity index (χ3v) is 9.95. The van der Waals surface area contributed by atoms with E-state index in [1.165, 1.54) is 16.9 Å². The first-order valence-corrected chi connectivity index (χ1v) is 12.3. The van der Waals surface area contributed by atoms with Crippen LogP contribution in [0.1, 0.15) is 34.9 Å². The van der Waals surface area contributed by atoms with E-state index in [-0.39, 0.29) is 4.34 Å². The molecule has 0 atom stereocenters. The Bertz CT molecular complexity index is 1270. The van der Waals surface area contributed by atoms with Gasteiger partial charge in [-0.3, -0.25) is 0 Å². The minimum atomic E-state index is -3.79. The first kappa shape index (κ1) is 19.2. The lowest BCUT2D eigenvalue weighted by Gasteiger charge is -2.32. The van der Waals surface area contributed by atoms with Crippen molar-refractivity contribution in [3.63, 3.8) is 0 Å². The van der Waals surface area contributed by atoms with Gasteiger partial charge in [-0.1, -0.05) is 91.9 Å². The van der Waals surface area contributed by atoms with Gasteiger partial charge < -0.3 is 0 Å². The molecule has 1 aliphatic rings. The van der Waals surface area contributed by atoms with Gasteiger partial charge in [0.2, 0.25) is 14.2 Å². The number of sulfone groups is 1. The predicted octanol–water partition coefficient (Wildman–Crippen LogP) is 5.84. The molecule has 5 rings (SSSR count). The highest BCUT2D eigenvalue weighted by Crippen LogP contribution is 2.48. The van der Waals surface area contributed by atoms with Gasteiger partial charge in [0.05, 0.1) is 5.69 Å². The second-order valence-electron chi connectivity index (χ2n) is 7.50. The molecule has 0 unspecified atom stereocenters. The van der Waals surface area contributed by atoms with Gasteiger partial charge in [0.1, 0.15) is 4.75 Å². The second kappa shape index (κ2) is 7.18. The number of aromatic nitrogens is 1. The van der Waals surface area contributed by atoms with E-state index >= 15 is 0 Å². The van der Waals surface area contributed by atoms with Crippen LogP contribution in [-0.2, 0) is 21.0 Å². The van der Waals surface area contributed by atoms with Crippen LogP contribution in [0.15, 0.2) is 89.3 Å². The molecule has 0 radical (unpaired) electrons. The summed E-state index contributed by atoms with van der Waals surface area (Å²) < 4.78 is 27.5. The third kappa shape index (κ3) is 2.69. The molecule has 30 heavy (non-hydrogen) atoms. The Balaban J connectivity index is 1.73. The zero-order valence-electron chi connectivity index (χ0n) is 16.6. The van der Waals surface area contributed by atoms with Gasteiger partial charge in [0.15, 0.2) is 0 Å². The van der Waals surface area contributed by atoms with Gasteiger partial charge in [-0.2, -0.15) is 0 Å². The molecule has 0 saturated carbocycles. The van der Waals surface area contributed by atoms with Crippen LogP contribution in [0.2, 0.25) is 0 Å². The van der Waals surface area contributed by atoms with Crippen molar-refractivity contribution >= 4 is 21.2 Å². The summed E-state index contributed by atoms with van der Waals surface area (Å²) >= 11 is 1.32. The summed E-state index contributed by atoms with van der Waals surface area (Å²) in [5.74, 6) is 0. The Labute approximate surface area is 181 Å². The van der Waals surface area contributed by atoms with Crippen LogP contribution in [0.5, 0.6) is 0 Å². The number of rotatable bonds is 5. The first-order valence-electron chi connectivity index (χ1n) is 10.0. The van der Waals surface area contributed by atoms with Gasteiger partial charge in [-0.05, 0) is 23.1 Å². The molecule has 150 valence electrons. The van der Waals surface area contributed by atoms with Gasteiger partial charge in [-0.15, -0.1) is 11.3 Å². The zero-order valence-corrected chi connectivity index (χ0v) is 18.2. The van der Waals surface area contributed by atoms with Crippen molar-refractivity contribution in [3.8, 4) is 11.3 Å². The topological polar surface area (TPSA) is 47.0 Å². The minimum Gasteiger partial charge on any atom is -0.225 e. The Morgan fingerprint density at radius 2 is 1.43 bits per heavy atom. The molecule has 5 heteroatoms. The van der Waals surface area contributed by atoms with Crippen LogP contribution >= 0.6 is 11.3 Å². The van der Waals surface area contributed by atoms with E-state index in [0.717, 1.165) is 33.7 Å². The lowest BCUT2D eigenvalue weighted by molar-refractivity contribution is 0.544. The second-order valence-corrected chi connectivity index (χ2v) is 10.9. The molecule has 3 aromatic carbocycles. The summed E-state index contributed by atoms with van der Waals surface area (Å²) in [6, 6.07) is 27.2. The van der Waals surface area contributed by atoms with Gasteiger partial charge in [0.25, 0.3) is 0 Å². The zero-order chi connectivity index (χ0) is 20.8. The van der Waals surface area contributed by atoms with Crippen molar-refractivity contribution in [3.05, 3.63) is 106 Å². The number of hydrogen-bond donors (Lipinski definition) is 0. The van der Waals surface area contributed by atoms with Crippen LogP contribution in [-0.4, -0.2) is 13.4 Å². The fourth-order valence-corrected chi connectivity index (χ4v) is 8.27. The molecule has 4 aromatic rings. The fraction of sp³-hybridized carbons (Fsp3) is 0.160. The van der Waals surface area contributed by atoms with Crippen LogP contribution in [0.25, 0.3) is 11.3 Å². The van der Waals surface area contributed by atoms with E-state index in [4.69, 9.17) is 4.98 Å². The Kier molecular flexibility index (Phi) is 4.60. The van der Waals surface area contributed by atoms with Crippen molar-refractivity contribution in [2.24, 2.45) is 0 Å². The summed E-state index contributed by atoms with van der Waals surface area (Å²) in [6.45, 7) is 1.94. The van der Waals surface area contributed by atoms with Crippen LogP contribution in [0.3, 0.4) is 0 Å². The molecular formula is C25H21NO2S2. The van der Waals surface area contributed by atoms with Crippen molar-refractivity contribution < 1.29 is 8.42 Å². The SMILES string of the molecule is CCC(c1ccccc1)(c1ccccc1)S(=O)(=O)c1nc2c(s1)Cc1ccccc1-2. The maximum Gasteiger partial charge on any atom is 0.219 e. The molecule has 1 aromatic heterocycles. The molecule has 0 bridgehead atoms. The first-order chi connectivity index (χ1) is 14.6. The number of benzene rings is 3. The smallest absolute Gasteiger partial charge is 0.219 e. The normalized spacial score (nSPS) is 13.1. The molecule has 0 fully saturated rings. The van der Waals surface area contributed by atoms with E-state index < -0.39 is 14.6 Å². The van der Waals surface area contributed by atoms with Crippen LogP contribution in [0.4, 0.5) is 0 Å². The summed E-state index contributed by atoms with van der Waals surface area (Å²) in [6.07, 6.45) is 1.17. The number of thiazole rings is 1. The number of hydrogen-bond acceptors (Lipinski definition) is 4. The summed E-state index contributed by atoms with van der Waals surface area (Å²) in [7, 11) is -3.79. The molecule has 0 N–H and O–H groups in total. The highest BCUT2D eigenvalue weighted by Gasteiger charge is 2.48. The lowest BCUT2D eigenvalue weighted by atomic mass is 9.88. The van der Waals surface area contributed by atoms with E-state index in [9.17, 15) is 8.42 Å². The molecule has 3 nitrogen and oxygen atoms in total. The maximum atomic E-state index is 14.3. The van der Waals surface area contributed by atoms with E-state index in [1.54, 1.807) is 0 Å². The van der Waals surface area contributed by atoms with Gasteiger partial charge >= 0.3 is 0 Å². The Hall–Kier alpha value is -2.76. The summed E-state index contributed by atoms with van der Waals surface area (Å²) in [5, 5.41) is 0.